The fourth-order valence-corrected chi connectivity index (χ4v) is 1.63. The van der Waals surface area contributed by atoms with Crippen molar-refractivity contribution in [2.45, 2.75) is 58.9 Å². The summed E-state index contributed by atoms with van der Waals surface area (Å²) in [7, 11) is -1.81. The van der Waals surface area contributed by atoms with Crippen LogP contribution < -0.4 is 0 Å². The molecule has 0 rings (SSSR count). The Bertz CT molecular complexity index is 265. The van der Waals surface area contributed by atoms with E-state index in [0.717, 1.165) is 0 Å². The van der Waals surface area contributed by atoms with Gasteiger partial charge in [0, 0.05) is 0 Å². The smallest absolute Gasteiger partial charge is 0.252 e. The van der Waals surface area contributed by atoms with E-state index in [-0.39, 0.29) is 11.1 Å². The first-order chi connectivity index (χ1) is 7.06. The standard InChI is InChI=1S/C12H25NO2Si/c1-10(2)14-9-13-11(3)15-16(7,8)12(4,5)6/h9-10H,3H2,1-2,4-8H3/b13-9+. The minimum absolute atomic E-state index is 0.129. The summed E-state index contributed by atoms with van der Waals surface area (Å²) in [5, 5.41) is 0.157. The molecule has 0 aromatic heterocycles. The molecular weight excluding hydrogens is 218 g/mol. The summed E-state index contributed by atoms with van der Waals surface area (Å²) in [5.74, 6) is 0.437. The first kappa shape index (κ1) is 15.2. The van der Waals surface area contributed by atoms with E-state index in [9.17, 15) is 0 Å². The quantitative estimate of drug-likeness (QED) is 0.317. The summed E-state index contributed by atoms with van der Waals surface area (Å²) in [4.78, 5) is 4.03. The van der Waals surface area contributed by atoms with Gasteiger partial charge in [0.05, 0.1) is 6.10 Å². The molecule has 94 valence electrons. The second kappa shape index (κ2) is 5.52. The summed E-state index contributed by atoms with van der Waals surface area (Å²) in [6.07, 6.45) is 1.53. The number of ether oxygens (including phenoxy) is 1. The summed E-state index contributed by atoms with van der Waals surface area (Å²) in [5.41, 5.74) is 0. The van der Waals surface area contributed by atoms with E-state index in [2.05, 4.69) is 45.4 Å². The van der Waals surface area contributed by atoms with Gasteiger partial charge in [-0.15, -0.1) is 0 Å². The molecule has 4 heteroatoms. The topological polar surface area (TPSA) is 30.8 Å². The Hall–Kier alpha value is -0.773. The molecular formula is C12H25NO2Si. The fourth-order valence-electron chi connectivity index (χ4n) is 0.685. The lowest BCUT2D eigenvalue weighted by molar-refractivity contribution is 0.239. The number of hydrogen-bond donors (Lipinski definition) is 0. The highest BCUT2D eigenvalue weighted by Gasteiger charge is 2.39. The second-order valence-electron chi connectivity index (χ2n) is 5.68. The molecule has 0 N–H and O–H groups in total. The molecule has 0 amide bonds. The van der Waals surface area contributed by atoms with E-state index in [1.165, 1.54) is 6.40 Å². The van der Waals surface area contributed by atoms with Gasteiger partial charge in [0.15, 0.2) is 12.3 Å². The van der Waals surface area contributed by atoms with E-state index in [1.807, 2.05) is 13.8 Å². The van der Waals surface area contributed by atoms with Crippen molar-refractivity contribution in [3.8, 4) is 0 Å². The van der Waals surface area contributed by atoms with Gasteiger partial charge in [-0.3, -0.25) is 0 Å². The molecule has 0 aliphatic carbocycles. The van der Waals surface area contributed by atoms with Gasteiger partial charge in [-0.25, -0.2) is 0 Å². The van der Waals surface area contributed by atoms with Crippen molar-refractivity contribution in [2.24, 2.45) is 4.99 Å². The fraction of sp³-hybridized carbons (Fsp3) is 0.750. The molecule has 0 radical (unpaired) electrons. The Morgan fingerprint density at radius 1 is 1.31 bits per heavy atom. The molecule has 16 heavy (non-hydrogen) atoms. The molecule has 0 saturated heterocycles. The van der Waals surface area contributed by atoms with Crippen LogP contribution in [0.4, 0.5) is 0 Å². The van der Waals surface area contributed by atoms with Gasteiger partial charge in [-0.05, 0) is 38.6 Å². The third-order valence-corrected chi connectivity index (χ3v) is 7.07. The zero-order valence-electron chi connectivity index (χ0n) is 11.6. The summed E-state index contributed by atoms with van der Waals surface area (Å²) < 4.78 is 11.0. The number of nitrogens with zero attached hydrogens (tertiary/aromatic N) is 1. The zero-order valence-corrected chi connectivity index (χ0v) is 12.6. The SMILES string of the molecule is C=C(/N=C/OC(C)C)O[Si](C)(C)C(C)(C)C. The molecule has 0 fully saturated rings. The molecule has 0 unspecified atom stereocenters. The van der Waals surface area contributed by atoms with Crippen molar-refractivity contribution < 1.29 is 9.16 Å². The van der Waals surface area contributed by atoms with Crippen LogP contribution in [0.5, 0.6) is 0 Å². The highest BCUT2D eigenvalue weighted by Crippen LogP contribution is 2.37. The third kappa shape index (κ3) is 5.35. The van der Waals surface area contributed by atoms with Crippen LogP contribution in [0.3, 0.4) is 0 Å². The lowest BCUT2D eigenvalue weighted by Gasteiger charge is -2.35. The average molecular weight is 243 g/mol. The Labute approximate surface area is 101 Å². The number of aliphatic imine (C=N–C) groups is 1. The van der Waals surface area contributed by atoms with Gasteiger partial charge in [-0.1, -0.05) is 20.8 Å². The molecule has 0 aliphatic heterocycles. The zero-order chi connectivity index (χ0) is 13.0. The predicted octanol–water partition coefficient (Wildman–Crippen LogP) is 3.93. The van der Waals surface area contributed by atoms with Crippen molar-refractivity contribution in [2.75, 3.05) is 0 Å². The normalized spacial score (nSPS) is 13.2. The first-order valence-electron chi connectivity index (χ1n) is 5.62. The maximum atomic E-state index is 5.85. The summed E-state index contributed by atoms with van der Waals surface area (Å²) in [6.45, 7) is 18.6. The van der Waals surface area contributed by atoms with Crippen LogP contribution in [0.2, 0.25) is 18.1 Å². The lowest BCUT2D eigenvalue weighted by atomic mass is 10.2. The molecule has 0 aromatic carbocycles. The molecule has 0 heterocycles. The van der Waals surface area contributed by atoms with Gasteiger partial charge >= 0.3 is 0 Å². The van der Waals surface area contributed by atoms with E-state index in [4.69, 9.17) is 9.16 Å². The van der Waals surface area contributed by atoms with Crippen LogP contribution >= 0.6 is 0 Å². The van der Waals surface area contributed by atoms with Gasteiger partial charge in [0.1, 0.15) is 0 Å². The van der Waals surface area contributed by atoms with Crippen LogP contribution in [0.1, 0.15) is 34.6 Å². The van der Waals surface area contributed by atoms with Crippen molar-refractivity contribution in [3.05, 3.63) is 12.5 Å². The predicted molar refractivity (Wildman–Crippen MR) is 72.1 cm³/mol. The Balaban J connectivity index is 4.30. The van der Waals surface area contributed by atoms with E-state index in [1.54, 1.807) is 0 Å². The molecule has 0 aromatic rings. The maximum Gasteiger partial charge on any atom is 0.252 e. The third-order valence-electron chi connectivity index (χ3n) is 2.71. The van der Waals surface area contributed by atoms with Crippen LogP contribution in [-0.4, -0.2) is 20.8 Å². The minimum Gasteiger partial charge on any atom is -0.531 e. The molecule has 0 atom stereocenters. The minimum atomic E-state index is -1.81. The Kier molecular flexibility index (Phi) is 5.26. The van der Waals surface area contributed by atoms with Gasteiger partial charge in [-0.2, -0.15) is 4.99 Å². The monoisotopic (exact) mass is 243 g/mol. The van der Waals surface area contributed by atoms with Crippen LogP contribution in [0.15, 0.2) is 17.5 Å². The first-order valence-corrected chi connectivity index (χ1v) is 8.53. The molecule has 0 spiro atoms. The number of rotatable bonds is 5. The highest BCUT2D eigenvalue weighted by atomic mass is 28.4. The van der Waals surface area contributed by atoms with Crippen molar-refractivity contribution in [1.82, 2.24) is 0 Å². The van der Waals surface area contributed by atoms with Gasteiger partial charge < -0.3 is 9.16 Å². The molecule has 0 bridgehead atoms. The van der Waals surface area contributed by atoms with E-state index >= 15 is 0 Å². The van der Waals surface area contributed by atoms with E-state index in [0.29, 0.717) is 5.88 Å². The van der Waals surface area contributed by atoms with Crippen LogP contribution in [-0.2, 0) is 9.16 Å². The molecule has 0 aliphatic rings. The summed E-state index contributed by atoms with van der Waals surface area (Å²) >= 11 is 0. The van der Waals surface area contributed by atoms with Crippen molar-refractivity contribution in [3.63, 3.8) is 0 Å². The van der Waals surface area contributed by atoms with Crippen molar-refractivity contribution in [1.29, 1.82) is 0 Å². The molecule has 0 saturated carbocycles. The average Bonchev–Trinajstić information content (AvgIpc) is 1.99. The second-order valence-corrected chi connectivity index (χ2v) is 10.4. The van der Waals surface area contributed by atoms with Gasteiger partial charge in [0.25, 0.3) is 8.32 Å². The molecule has 3 nitrogen and oxygen atoms in total. The highest BCUT2D eigenvalue weighted by molar-refractivity contribution is 6.74. The van der Waals surface area contributed by atoms with Crippen molar-refractivity contribution >= 4 is 14.7 Å². The Morgan fingerprint density at radius 3 is 2.19 bits per heavy atom. The maximum absolute atomic E-state index is 5.85. The largest absolute Gasteiger partial charge is 0.531 e. The van der Waals surface area contributed by atoms with E-state index < -0.39 is 8.32 Å². The van der Waals surface area contributed by atoms with Crippen LogP contribution in [0, 0.1) is 0 Å². The summed E-state index contributed by atoms with van der Waals surface area (Å²) in [6, 6.07) is 0. The number of hydrogen-bond acceptors (Lipinski definition) is 3. The van der Waals surface area contributed by atoms with Gasteiger partial charge in [0.2, 0.25) is 0 Å². The Morgan fingerprint density at radius 2 is 1.81 bits per heavy atom. The lowest BCUT2D eigenvalue weighted by Crippen LogP contribution is -2.40. The van der Waals surface area contributed by atoms with Crippen LogP contribution in [0.25, 0.3) is 0 Å².